The van der Waals surface area contributed by atoms with Crippen LogP contribution in [0.25, 0.3) is 0 Å². The van der Waals surface area contributed by atoms with Crippen LogP contribution >= 0.6 is 0 Å². The summed E-state index contributed by atoms with van der Waals surface area (Å²) < 4.78 is 20.7. The smallest absolute Gasteiger partial charge is 0.203 e. The Morgan fingerprint density at radius 3 is 2.30 bits per heavy atom. The Kier molecular flexibility index (Phi) is 4.19. The molecule has 2 rings (SSSR count). The Labute approximate surface area is 115 Å². The zero-order chi connectivity index (χ0) is 14.5. The molecule has 0 aliphatic carbocycles. The van der Waals surface area contributed by atoms with Gasteiger partial charge in [-0.25, -0.2) is 4.63 Å². The van der Waals surface area contributed by atoms with Crippen LogP contribution in [0.5, 0.6) is 17.2 Å². The van der Waals surface area contributed by atoms with E-state index in [4.69, 9.17) is 14.2 Å². The third-order valence-electron chi connectivity index (χ3n) is 2.72. The second kappa shape index (κ2) is 6.05. The Hall–Kier alpha value is -2.57. The molecule has 0 bridgehead atoms. The van der Waals surface area contributed by atoms with Crippen molar-refractivity contribution in [1.82, 2.24) is 10.3 Å². The summed E-state index contributed by atoms with van der Waals surface area (Å²) in [6.07, 6.45) is 0.709. The Balaban J connectivity index is 2.29. The van der Waals surface area contributed by atoms with E-state index in [9.17, 15) is 4.79 Å². The predicted molar refractivity (Wildman–Crippen MR) is 68.3 cm³/mol. The highest BCUT2D eigenvalue weighted by molar-refractivity contribution is 5.78. The van der Waals surface area contributed by atoms with Crippen LogP contribution in [-0.4, -0.2) is 30.8 Å². The maximum atomic E-state index is 10.9. The number of rotatable bonds is 6. The molecule has 106 valence electrons. The summed E-state index contributed by atoms with van der Waals surface area (Å²) in [5.41, 5.74) is 1.66. The quantitative estimate of drug-likeness (QED) is 0.745. The van der Waals surface area contributed by atoms with Crippen LogP contribution in [0.15, 0.2) is 16.8 Å². The van der Waals surface area contributed by atoms with Crippen LogP contribution in [0.2, 0.25) is 0 Å². The fourth-order valence-electron chi connectivity index (χ4n) is 1.63. The molecule has 0 aliphatic heterocycles. The highest BCUT2D eigenvalue weighted by Crippen LogP contribution is 2.38. The zero-order valence-corrected chi connectivity index (χ0v) is 11.4. The number of aryl methyl sites for hydroxylation is 1. The molecule has 0 N–H and O–H groups in total. The van der Waals surface area contributed by atoms with Crippen LogP contribution in [0.4, 0.5) is 0 Å². The number of nitrogens with zero attached hydrogens (tertiary/aromatic N) is 2. The molecule has 7 nitrogen and oxygen atoms in total. The molecule has 0 aliphatic rings. The molecular formula is C13H14N2O5. The number of ether oxygens (including phenoxy) is 3. The first-order chi connectivity index (χ1) is 9.69. The Morgan fingerprint density at radius 2 is 1.85 bits per heavy atom. The Bertz CT molecular complexity index is 584. The highest BCUT2D eigenvalue weighted by Gasteiger charge is 2.16. The first kappa shape index (κ1) is 13.9. The van der Waals surface area contributed by atoms with Gasteiger partial charge in [0.2, 0.25) is 5.75 Å². The lowest BCUT2D eigenvalue weighted by Gasteiger charge is -2.14. The van der Waals surface area contributed by atoms with Gasteiger partial charge in [-0.3, -0.25) is 4.79 Å². The van der Waals surface area contributed by atoms with E-state index in [0.29, 0.717) is 40.5 Å². The van der Waals surface area contributed by atoms with Gasteiger partial charge in [0.15, 0.2) is 11.5 Å². The molecule has 0 fully saturated rings. The van der Waals surface area contributed by atoms with Crippen LogP contribution in [0, 0.1) is 6.92 Å². The lowest BCUT2D eigenvalue weighted by atomic mass is 10.2. The van der Waals surface area contributed by atoms with E-state index in [2.05, 4.69) is 14.9 Å². The number of methoxy groups -OCH3 is 2. The number of benzene rings is 1. The molecule has 0 unspecified atom stereocenters. The average Bonchev–Trinajstić information content (AvgIpc) is 2.89. The van der Waals surface area contributed by atoms with Gasteiger partial charge in [0.25, 0.3) is 0 Å². The Morgan fingerprint density at radius 1 is 1.20 bits per heavy atom. The van der Waals surface area contributed by atoms with E-state index in [1.165, 1.54) is 14.2 Å². The van der Waals surface area contributed by atoms with E-state index < -0.39 is 0 Å². The van der Waals surface area contributed by atoms with Crippen molar-refractivity contribution in [3.05, 3.63) is 29.1 Å². The van der Waals surface area contributed by atoms with Crippen molar-refractivity contribution in [2.75, 3.05) is 14.2 Å². The minimum Gasteiger partial charge on any atom is -0.493 e. The molecule has 0 saturated carbocycles. The molecule has 0 radical (unpaired) electrons. The van der Waals surface area contributed by atoms with Crippen molar-refractivity contribution < 1.29 is 23.6 Å². The summed E-state index contributed by atoms with van der Waals surface area (Å²) in [6.45, 7) is 1.92. The monoisotopic (exact) mass is 278 g/mol. The van der Waals surface area contributed by atoms with E-state index in [1.807, 2.05) is 0 Å². The minimum atomic E-state index is 0.155. The van der Waals surface area contributed by atoms with Gasteiger partial charge in [-0.1, -0.05) is 10.3 Å². The second-order valence-electron chi connectivity index (χ2n) is 3.96. The van der Waals surface area contributed by atoms with Gasteiger partial charge in [0, 0.05) is 5.56 Å². The van der Waals surface area contributed by atoms with Gasteiger partial charge >= 0.3 is 0 Å². The van der Waals surface area contributed by atoms with Crippen molar-refractivity contribution in [1.29, 1.82) is 0 Å². The molecule has 20 heavy (non-hydrogen) atoms. The predicted octanol–water partition coefficient (Wildman–Crippen LogP) is 1.79. The van der Waals surface area contributed by atoms with E-state index in [1.54, 1.807) is 19.1 Å². The molecule has 1 aromatic heterocycles. The topological polar surface area (TPSA) is 83.7 Å². The number of aldehydes is 1. The van der Waals surface area contributed by atoms with Gasteiger partial charge in [0.05, 0.1) is 14.2 Å². The lowest BCUT2D eigenvalue weighted by molar-refractivity contribution is 0.112. The van der Waals surface area contributed by atoms with Gasteiger partial charge < -0.3 is 14.2 Å². The third kappa shape index (κ3) is 2.71. The zero-order valence-electron chi connectivity index (χ0n) is 11.4. The van der Waals surface area contributed by atoms with Crippen LogP contribution in [0.3, 0.4) is 0 Å². The largest absolute Gasteiger partial charge is 0.493 e. The summed E-state index contributed by atoms with van der Waals surface area (Å²) in [5, 5.41) is 7.39. The summed E-state index contributed by atoms with van der Waals surface area (Å²) in [4.78, 5) is 10.9. The molecule has 1 aromatic carbocycles. The maximum Gasteiger partial charge on any atom is 0.203 e. The molecule has 0 amide bonds. The van der Waals surface area contributed by atoms with E-state index in [-0.39, 0.29) is 6.61 Å². The summed E-state index contributed by atoms with van der Waals surface area (Å²) in [7, 11) is 2.97. The van der Waals surface area contributed by atoms with Gasteiger partial charge in [0.1, 0.15) is 24.3 Å². The summed E-state index contributed by atoms with van der Waals surface area (Å²) in [6, 6.07) is 3.14. The minimum absolute atomic E-state index is 0.155. The van der Waals surface area contributed by atoms with Crippen molar-refractivity contribution in [3.8, 4) is 17.2 Å². The number of hydrogen-bond donors (Lipinski definition) is 0. The van der Waals surface area contributed by atoms with Crippen molar-refractivity contribution in [2.24, 2.45) is 0 Å². The van der Waals surface area contributed by atoms with Crippen molar-refractivity contribution in [3.63, 3.8) is 0 Å². The molecule has 2 aromatic rings. The first-order valence-corrected chi connectivity index (χ1v) is 5.81. The van der Waals surface area contributed by atoms with E-state index in [0.717, 1.165) is 0 Å². The fourth-order valence-corrected chi connectivity index (χ4v) is 1.63. The normalized spacial score (nSPS) is 10.2. The van der Waals surface area contributed by atoms with Crippen LogP contribution < -0.4 is 14.2 Å². The standard InChI is InChI=1S/C13H14N2O5/c1-8-10(15-20-14-8)7-19-13-11(17-2)4-9(6-16)5-12(13)18-3/h4-6H,7H2,1-3H3. The molecule has 1 heterocycles. The van der Waals surface area contributed by atoms with Crippen molar-refractivity contribution >= 4 is 6.29 Å². The molecule has 0 spiro atoms. The SMILES string of the molecule is COc1cc(C=O)cc(OC)c1OCc1nonc1C. The summed E-state index contributed by atoms with van der Waals surface area (Å²) in [5.74, 6) is 1.20. The summed E-state index contributed by atoms with van der Waals surface area (Å²) >= 11 is 0. The van der Waals surface area contributed by atoms with Gasteiger partial charge in [-0.2, -0.15) is 0 Å². The van der Waals surface area contributed by atoms with E-state index >= 15 is 0 Å². The highest BCUT2D eigenvalue weighted by atomic mass is 16.6. The van der Waals surface area contributed by atoms with Gasteiger partial charge in [-0.15, -0.1) is 0 Å². The molecule has 0 atom stereocenters. The van der Waals surface area contributed by atoms with Crippen molar-refractivity contribution in [2.45, 2.75) is 13.5 Å². The molecule has 0 saturated heterocycles. The second-order valence-corrected chi connectivity index (χ2v) is 3.96. The van der Waals surface area contributed by atoms with Crippen LogP contribution in [-0.2, 0) is 6.61 Å². The molecule has 7 heteroatoms. The maximum absolute atomic E-state index is 10.9. The number of hydrogen-bond acceptors (Lipinski definition) is 7. The molecular weight excluding hydrogens is 264 g/mol. The van der Waals surface area contributed by atoms with Gasteiger partial charge in [-0.05, 0) is 19.1 Å². The van der Waals surface area contributed by atoms with Crippen LogP contribution in [0.1, 0.15) is 21.7 Å². The lowest BCUT2D eigenvalue weighted by Crippen LogP contribution is -2.02. The fraction of sp³-hybridized carbons (Fsp3) is 0.308. The first-order valence-electron chi connectivity index (χ1n) is 5.81. The number of aromatic nitrogens is 2. The third-order valence-corrected chi connectivity index (χ3v) is 2.72. The number of carbonyl (C=O) groups is 1. The average molecular weight is 278 g/mol. The number of carbonyl (C=O) groups excluding carboxylic acids is 1.